The first-order valence-corrected chi connectivity index (χ1v) is 3.80. The highest BCUT2D eigenvalue weighted by Crippen LogP contribution is 2.07. The molecule has 0 saturated heterocycles. The molecule has 0 atom stereocenters. The van der Waals surface area contributed by atoms with E-state index in [2.05, 4.69) is 0 Å². The van der Waals surface area contributed by atoms with E-state index >= 15 is 0 Å². The summed E-state index contributed by atoms with van der Waals surface area (Å²) in [6.07, 6.45) is 0. The van der Waals surface area contributed by atoms with Gasteiger partial charge in [-0.05, 0) is 24.7 Å². The predicted octanol–water partition coefficient (Wildman–Crippen LogP) is 0.211. The molecule has 14 heavy (non-hydrogen) atoms. The fraction of sp³-hybridized carbons (Fsp3) is 0. The average molecular weight is 216 g/mol. The number of carboxylic acids is 2. The van der Waals surface area contributed by atoms with Crippen LogP contribution in [0, 0.1) is 0 Å². The van der Waals surface area contributed by atoms with Crippen molar-refractivity contribution in [1.82, 2.24) is 0 Å². The minimum atomic E-state index is -1.23. The Morgan fingerprint density at radius 3 is 1.43 bits per heavy atom. The zero-order chi connectivity index (χ0) is 11.1. The molecular weight excluding hydrogens is 208 g/mol. The third-order valence-corrected chi connectivity index (χ3v) is 1.39. The molecule has 0 heterocycles. The molecule has 0 aromatic heterocycles. The molecule has 6 heteroatoms. The first-order valence-electron chi connectivity index (χ1n) is 3.39. The molecule has 0 aliphatic heterocycles. The fourth-order valence-corrected chi connectivity index (χ4v) is 0.856. The largest absolute Gasteiger partial charge is 0.478 e. The van der Waals surface area contributed by atoms with E-state index in [1.54, 1.807) is 12.5 Å². The summed E-state index contributed by atoms with van der Waals surface area (Å²) >= 11 is 1.72. The van der Waals surface area contributed by atoms with Crippen LogP contribution in [0.25, 0.3) is 0 Å². The van der Waals surface area contributed by atoms with Crippen molar-refractivity contribution in [2.24, 2.45) is 0 Å². The quantitative estimate of drug-likeness (QED) is 0.737. The maximum absolute atomic E-state index is 10.5. The summed E-state index contributed by atoms with van der Waals surface area (Å²) < 4.78 is 8.06. The fourth-order valence-electron chi connectivity index (χ4n) is 0.856. The van der Waals surface area contributed by atoms with Gasteiger partial charge < -0.3 is 10.2 Å². The molecular formula is C8H8O5S. The molecule has 2 N–H and O–H groups in total. The van der Waals surface area contributed by atoms with E-state index in [0.717, 1.165) is 0 Å². The zero-order valence-corrected chi connectivity index (χ0v) is 7.93. The minimum Gasteiger partial charge on any atom is -0.478 e. The lowest BCUT2D eigenvalue weighted by molar-refractivity contribution is 0.0651. The summed E-state index contributed by atoms with van der Waals surface area (Å²) in [6, 6.07) is 5.48. The molecule has 0 amide bonds. The van der Waals surface area contributed by atoms with Crippen molar-refractivity contribution in [1.29, 1.82) is 0 Å². The lowest BCUT2D eigenvalue weighted by Crippen LogP contribution is -2.06. The predicted molar refractivity (Wildman–Crippen MR) is 51.3 cm³/mol. The van der Waals surface area contributed by atoms with Gasteiger partial charge in [0.05, 0.1) is 11.1 Å². The van der Waals surface area contributed by atoms with Crippen molar-refractivity contribution in [2.45, 2.75) is 0 Å². The lowest BCUT2D eigenvalue weighted by atomic mass is 10.1. The maximum Gasteiger partial charge on any atom is 0.336 e. The van der Waals surface area contributed by atoms with E-state index < -0.39 is 11.9 Å². The van der Waals surface area contributed by atoms with Crippen LogP contribution in [-0.4, -0.2) is 26.4 Å². The maximum atomic E-state index is 10.5. The van der Waals surface area contributed by atoms with Gasteiger partial charge in [0.2, 0.25) is 0 Å². The Labute approximate surface area is 84.5 Å². The molecule has 5 nitrogen and oxygen atoms in total. The highest BCUT2D eigenvalue weighted by molar-refractivity contribution is 7.44. The first-order chi connectivity index (χ1) is 6.63. The molecule has 1 rings (SSSR count). The summed E-state index contributed by atoms with van der Waals surface area (Å²) in [5.41, 5.74) is -0.380. The second-order valence-electron chi connectivity index (χ2n) is 2.16. The van der Waals surface area contributed by atoms with Crippen LogP contribution >= 0.6 is 0 Å². The highest BCUT2D eigenvalue weighted by atomic mass is 32.1. The molecule has 0 spiro atoms. The van der Waals surface area contributed by atoms with Crippen LogP contribution in [0.5, 0.6) is 0 Å². The Bertz CT molecular complexity index is 316. The summed E-state index contributed by atoms with van der Waals surface area (Å²) in [4.78, 5) is 20.9. The van der Waals surface area contributed by atoms with Crippen LogP contribution < -0.4 is 0 Å². The third kappa shape index (κ3) is 2.98. The summed E-state index contributed by atoms with van der Waals surface area (Å²) in [5, 5.41) is 17.1. The Hall–Kier alpha value is -1.69. The zero-order valence-electron chi connectivity index (χ0n) is 6.93. The van der Waals surface area contributed by atoms with E-state index in [0.29, 0.717) is 0 Å². The Balaban J connectivity index is 0.000000791. The molecule has 0 fully saturated rings. The van der Waals surface area contributed by atoms with Gasteiger partial charge in [-0.3, -0.25) is 4.21 Å². The van der Waals surface area contributed by atoms with Crippen molar-refractivity contribution in [3.8, 4) is 0 Å². The Kier molecular flexibility index (Phi) is 5.16. The van der Waals surface area contributed by atoms with Gasteiger partial charge >= 0.3 is 11.9 Å². The van der Waals surface area contributed by atoms with Crippen LogP contribution in [0.3, 0.4) is 0 Å². The van der Waals surface area contributed by atoms with E-state index in [-0.39, 0.29) is 11.1 Å². The molecule has 0 unspecified atom stereocenters. The normalized spacial score (nSPS) is 8.36. The van der Waals surface area contributed by atoms with Gasteiger partial charge in [-0.2, -0.15) is 0 Å². The molecule has 0 aliphatic rings. The number of aromatic carboxylic acids is 2. The van der Waals surface area contributed by atoms with Crippen LogP contribution in [0.4, 0.5) is 0 Å². The standard InChI is InChI=1S/C8H6O4.H2OS/c9-7(10)5-3-1-2-4-6(5)8(11)12;1-2/h1-4H,(H,9,10)(H,11,12);2H2. The third-order valence-electron chi connectivity index (χ3n) is 1.39. The first kappa shape index (κ1) is 12.3. The van der Waals surface area contributed by atoms with Gasteiger partial charge in [-0.1, -0.05) is 12.1 Å². The molecule has 1 aromatic carbocycles. The van der Waals surface area contributed by atoms with Crippen LogP contribution in [0.1, 0.15) is 20.7 Å². The van der Waals surface area contributed by atoms with E-state index in [9.17, 15) is 9.59 Å². The van der Waals surface area contributed by atoms with Crippen molar-refractivity contribution < 1.29 is 24.0 Å². The molecule has 0 saturated carbocycles. The van der Waals surface area contributed by atoms with Gasteiger partial charge in [0, 0.05) is 0 Å². The van der Waals surface area contributed by atoms with Gasteiger partial charge in [-0.15, -0.1) is 0 Å². The molecule has 0 radical (unpaired) electrons. The smallest absolute Gasteiger partial charge is 0.336 e. The number of carbonyl (C=O) groups is 2. The SMILES string of the molecule is O=C(O)c1ccccc1C(=O)O.O=[SH2]. The minimum absolute atomic E-state index is 0.190. The van der Waals surface area contributed by atoms with Crippen LogP contribution in [0.2, 0.25) is 0 Å². The van der Waals surface area contributed by atoms with Crippen molar-refractivity contribution in [2.75, 3.05) is 0 Å². The summed E-state index contributed by atoms with van der Waals surface area (Å²) in [7, 11) is 0. The number of rotatable bonds is 2. The van der Waals surface area contributed by atoms with Gasteiger partial charge in [0.15, 0.2) is 0 Å². The van der Waals surface area contributed by atoms with Crippen LogP contribution in [-0.2, 0) is 12.5 Å². The van der Waals surface area contributed by atoms with Crippen molar-refractivity contribution >= 4 is 24.5 Å². The number of hydrogen-bond donors (Lipinski definition) is 2. The van der Waals surface area contributed by atoms with Crippen molar-refractivity contribution in [3.05, 3.63) is 35.4 Å². The Morgan fingerprint density at radius 1 is 0.929 bits per heavy atom. The molecule has 1 aromatic rings. The summed E-state index contributed by atoms with van der Waals surface area (Å²) in [5.74, 6) is -2.46. The van der Waals surface area contributed by atoms with Gasteiger partial charge in [0.1, 0.15) is 0 Å². The molecule has 0 aliphatic carbocycles. The van der Waals surface area contributed by atoms with E-state index in [4.69, 9.17) is 14.4 Å². The number of benzene rings is 1. The van der Waals surface area contributed by atoms with Gasteiger partial charge in [0.25, 0.3) is 0 Å². The number of carboxylic acid groups (broad SMARTS) is 2. The average Bonchev–Trinajstić information content (AvgIpc) is 2.20. The van der Waals surface area contributed by atoms with E-state index in [1.807, 2.05) is 0 Å². The van der Waals surface area contributed by atoms with Gasteiger partial charge in [-0.25, -0.2) is 9.59 Å². The van der Waals surface area contributed by atoms with Crippen LogP contribution in [0.15, 0.2) is 24.3 Å². The second kappa shape index (κ2) is 5.87. The second-order valence-corrected chi connectivity index (χ2v) is 2.16. The van der Waals surface area contributed by atoms with E-state index in [1.165, 1.54) is 24.3 Å². The topological polar surface area (TPSA) is 91.7 Å². The summed E-state index contributed by atoms with van der Waals surface area (Å²) in [6.45, 7) is 0. The monoisotopic (exact) mass is 216 g/mol. The highest BCUT2D eigenvalue weighted by Gasteiger charge is 2.13. The van der Waals surface area contributed by atoms with Crippen molar-refractivity contribution in [3.63, 3.8) is 0 Å². The molecule has 0 bridgehead atoms. The molecule has 76 valence electrons. The Morgan fingerprint density at radius 2 is 1.21 bits per heavy atom. The number of hydrogen-bond acceptors (Lipinski definition) is 3. The lowest BCUT2D eigenvalue weighted by Gasteiger charge is -1.98.